The molecule has 0 N–H and O–H groups in total. The fraction of sp³-hybridized carbons (Fsp3) is 0.0667. The lowest BCUT2D eigenvalue weighted by Gasteiger charge is -2.12. The van der Waals surface area contributed by atoms with Gasteiger partial charge in [0.2, 0.25) is 0 Å². The van der Waals surface area contributed by atoms with Gasteiger partial charge < -0.3 is 0 Å². The molecule has 0 aliphatic rings. The minimum absolute atomic E-state index is 0.0512. The fourth-order valence-electron chi connectivity index (χ4n) is 2.11. The molecule has 2 aromatic carbocycles. The molecule has 0 aliphatic heterocycles. The molecule has 0 aliphatic carbocycles. The summed E-state index contributed by atoms with van der Waals surface area (Å²) in [5.74, 6) is 0. The molecule has 0 amide bonds. The van der Waals surface area contributed by atoms with Crippen LogP contribution in [0.25, 0.3) is 10.1 Å². The molecule has 3 rings (SSSR count). The van der Waals surface area contributed by atoms with E-state index in [1.807, 2.05) is 18.2 Å². The monoisotopic (exact) mass is 448 g/mol. The van der Waals surface area contributed by atoms with Gasteiger partial charge in [-0.25, -0.2) is 0 Å². The summed E-state index contributed by atoms with van der Waals surface area (Å²) in [4.78, 5) is 0.0512. The highest BCUT2D eigenvalue weighted by Crippen LogP contribution is 2.43. The third-order valence-electron chi connectivity index (χ3n) is 3.09. The third-order valence-corrected chi connectivity index (χ3v) is 6.61. The molecule has 0 fully saturated rings. The molecule has 1 atom stereocenters. The van der Waals surface area contributed by atoms with Crippen LogP contribution < -0.4 is 0 Å². The second kappa shape index (κ2) is 5.98. The van der Waals surface area contributed by atoms with Gasteiger partial charge in [0.15, 0.2) is 0 Å². The molecule has 5 heteroatoms. The van der Waals surface area contributed by atoms with Crippen molar-refractivity contribution in [2.75, 3.05) is 0 Å². The van der Waals surface area contributed by atoms with Crippen LogP contribution in [0.4, 0.5) is 0 Å². The molecule has 0 bridgehead atoms. The summed E-state index contributed by atoms with van der Waals surface area (Å²) in [6, 6.07) is 11.8. The predicted octanol–water partition coefficient (Wildman–Crippen LogP) is 7.45. The summed E-state index contributed by atoms with van der Waals surface area (Å²) < 4.78 is 2.37. The standard InChI is InChI=1S/C15H8Br2Cl2S/c16-12-3-1-2-9-11(7-20-15(9)12)14(17)10-5-4-8(18)6-13(10)19/h1-7,14H. The predicted molar refractivity (Wildman–Crippen MR) is 96.8 cm³/mol. The minimum atomic E-state index is 0.0512. The van der Waals surface area contributed by atoms with E-state index in [-0.39, 0.29) is 4.83 Å². The Bertz CT molecular complexity index is 783. The first-order valence-electron chi connectivity index (χ1n) is 5.82. The van der Waals surface area contributed by atoms with Crippen LogP contribution in [0.3, 0.4) is 0 Å². The maximum Gasteiger partial charge on any atom is 0.0673 e. The molecule has 3 aromatic rings. The van der Waals surface area contributed by atoms with Gasteiger partial charge in [0.25, 0.3) is 0 Å². The van der Waals surface area contributed by atoms with Gasteiger partial charge in [-0.3, -0.25) is 0 Å². The van der Waals surface area contributed by atoms with E-state index in [0.29, 0.717) is 10.0 Å². The van der Waals surface area contributed by atoms with E-state index in [4.69, 9.17) is 23.2 Å². The van der Waals surface area contributed by atoms with Gasteiger partial charge >= 0.3 is 0 Å². The van der Waals surface area contributed by atoms with Crippen LogP contribution in [0, 0.1) is 0 Å². The van der Waals surface area contributed by atoms with Crippen molar-refractivity contribution in [1.82, 2.24) is 0 Å². The SMILES string of the molecule is Clc1ccc(C(Br)c2csc3c(Br)cccc23)c(Cl)c1. The summed E-state index contributed by atoms with van der Waals surface area (Å²) in [5.41, 5.74) is 2.24. The van der Waals surface area contributed by atoms with Crippen LogP contribution in [0.2, 0.25) is 10.0 Å². The summed E-state index contributed by atoms with van der Waals surface area (Å²) in [7, 11) is 0. The Hall–Kier alpha value is -0.0600. The molecule has 20 heavy (non-hydrogen) atoms. The molecule has 0 saturated carbocycles. The summed E-state index contributed by atoms with van der Waals surface area (Å²) in [5, 5.41) is 4.72. The van der Waals surface area contributed by atoms with Crippen molar-refractivity contribution in [2.24, 2.45) is 0 Å². The summed E-state index contributed by atoms with van der Waals surface area (Å²) in [6.45, 7) is 0. The zero-order valence-corrected chi connectivity index (χ0v) is 15.5. The third kappa shape index (κ3) is 2.67. The van der Waals surface area contributed by atoms with Crippen molar-refractivity contribution in [3.63, 3.8) is 0 Å². The van der Waals surface area contributed by atoms with Crippen LogP contribution in [-0.2, 0) is 0 Å². The number of thiophene rings is 1. The quantitative estimate of drug-likeness (QED) is 0.355. The van der Waals surface area contributed by atoms with Crippen molar-refractivity contribution < 1.29 is 0 Å². The molecule has 0 spiro atoms. The lowest BCUT2D eigenvalue weighted by atomic mass is 10.0. The lowest BCUT2D eigenvalue weighted by molar-refractivity contribution is 1.21. The minimum Gasteiger partial charge on any atom is -0.142 e. The number of hydrogen-bond donors (Lipinski definition) is 0. The fourth-order valence-corrected chi connectivity index (χ4v) is 5.36. The molecule has 0 saturated heterocycles. The molecule has 1 heterocycles. The molecular formula is C15H8Br2Cl2S. The van der Waals surface area contributed by atoms with Crippen molar-refractivity contribution in [1.29, 1.82) is 0 Å². The van der Waals surface area contributed by atoms with Crippen molar-refractivity contribution in [2.45, 2.75) is 4.83 Å². The highest BCUT2D eigenvalue weighted by molar-refractivity contribution is 9.10. The van der Waals surface area contributed by atoms with Crippen molar-refractivity contribution in [3.8, 4) is 0 Å². The molecule has 0 radical (unpaired) electrons. The van der Waals surface area contributed by atoms with Gasteiger partial charge in [0.05, 0.1) is 4.83 Å². The first kappa shape index (κ1) is 14.9. The number of hydrogen-bond acceptors (Lipinski definition) is 1. The van der Waals surface area contributed by atoms with Gasteiger partial charge in [0.1, 0.15) is 0 Å². The average Bonchev–Trinajstić information content (AvgIpc) is 2.83. The smallest absolute Gasteiger partial charge is 0.0673 e. The molecule has 102 valence electrons. The van der Waals surface area contributed by atoms with Gasteiger partial charge in [0, 0.05) is 19.2 Å². The Kier molecular flexibility index (Phi) is 4.44. The number of benzene rings is 2. The van der Waals surface area contributed by atoms with Gasteiger partial charge in [-0.2, -0.15) is 0 Å². The zero-order valence-electron chi connectivity index (χ0n) is 10.0. The van der Waals surface area contributed by atoms with Crippen LogP contribution in [-0.4, -0.2) is 0 Å². The molecule has 0 nitrogen and oxygen atoms in total. The van der Waals surface area contributed by atoms with Crippen LogP contribution in [0.15, 0.2) is 46.3 Å². The van der Waals surface area contributed by atoms with Crippen LogP contribution >= 0.6 is 66.4 Å². The Balaban J connectivity index is 2.13. The summed E-state index contributed by atoms with van der Waals surface area (Å²) >= 11 is 21.3. The number of halogens is 4. The molecular weight excluding hydrogens is 443 g/mol. The topological polar surface area (TPSA) is 0 Å². The first-order valence-corrected chi connectivity index (χ1v) is 9.17. The second-order valence-electron chi connectivity index (χ2n) is 4.34. The second-order valence-corrected chi connectivity index (χ2v) is 7.83. The number of fused-ring (bicyclic) bond motifs is 1. The summed E-state index contributed by atoms with van der Waals surface area (Å²) in [6.07, 6.45) is 0. The highest BCUT2D eigenvalue weighted by Gasteiger charge is 2.18. The van der Waals surface area contributed by atoms with E-state index in [1.165, 1.54) is 15.6 Å². The normalized spacial score (nSPS) is 12.8. The van der Waals surface area contributed by atoms with Gasteiger partial charge in [-0.1, -0.05) is 57.3 Å². The average molecular weight is 451 g/mol. The first-order chi connectivity index (χ1) is 9.58. The Morgan fingerprint density at radius 1 is 1.05 bits per heavy atom. The van der Waals surface area contributed by atoms with E-state index < -0.39 is 0 Å². The van der Waals surface area contributed by atoms with Gasteiger partial charge in [-0.05, 0) is 56.0 Å². The highest BCUT2D eigenvalue weighted by atomic mass is 79.9. The van der Waals surface area contributed by atoms with Gasteiger partial charge in [-0.15, -0.1) is 11.3 Å². The molecule has 1 aromatic heterocycles. The van der Waals surface area contributed by atoms with Crippen LogP contribution in [0.1, 0.15) is 16.0 Å². The molecule has 1 unspecified atom stereocenters. The van der Waals surface area contributed by atoms with E-state index in [9.17, 15) is 0 Å². The van der Waals surface area contributed by atoms with E-state index in [1.54, 1.807) is 17.4 Å². The Labute approximate surface area is 148 Å². The lowest BCUT2D eigenvalue weighted by Crippen LogP contribution is -1.92. The maximum absolute atomic E-state index is 6.30. The van der Waals surface area contributed by atoms with Crippen molar-refractivity contribution in [3.05, 3.63) is 67.4 Å². The van der Waals surface area contributed by atoms with E-state index >= 15 is 0 Å². The van der Waals surface area contributed by atoms with E-state index in [0.717, 1.165) is 10.0 Å². The Morgan fingerprint density at radius 2 is 1.85 bits per heavy atom. The maximum atomic E-state index is 6.30. The zero-order chi connectivity index (χ0) is 14.3. The van der Waals surface area contributed by atoms with Crippen molar-refractivity contribution >= 4 is 76.5 Å². The number of rotatable bonds is 2. The van der Waals surface area contributed by atoms with E-state index in [2.05, 4.69) is 49.4 Å². The Morgan fingerprint density at radius 3 is 2.60 bits per heavy atom. The number of alkyl halides is 1. The van der Waals surface area contributed by atoms with Crippen LogP contribution in [0.5, 0.6) is 0 Å². The largest absolute Gasteiger partial charge is 0.142 e.